The van der Waals surface area contributed by atoms with Gasteiger partial charge in [0.2, 0.25) is 0 Å². The quantitative estimate of drug-likeness (QED) is 0.213. The molecular formula is C37H23N3. The number of nitrogens with zero attached hydrogens (tertiary/aromatic N) is 3. The fourth-order valence-corrected chi connectivity index (χ4v) is 6.56. The van der Waals surface area contributed by atoms with Crippen molar-refractivity contribution in [1.29, 1.82) is 0 Å². The molecule has 0 saturated carbocycles. The molecule has 4 aromatic heterocycles. The first-order chi connectivity index (χ1) is 19.8. The van der Waals surface area contributed by atoms with Crippen LogP contribution in [0, 0.1) is 0 Å². The number of para-hydroxylation sites is 2. The summed E-state index contributed by atoms with van der Waals surface area (Å²) in [6.45, 7) is 0. The molecule has 0 aliphatic heterocycles. The Labute approximate surface area is 230 Å². The highest BCUT2D eigenvalue weighted by molar-refractivity contribution is 6.21. The van der Waals surface area contributed by atoms with Crippen LogP contribution in [0.25, 0.3) is 76.8 Å². The normalized spacial score (nSPS) is 12.0. The third-order valence-corrected chi connectivity index (χ3v) is 8.32. The van der Waals surface area contributed by atoms with Crippen molar-refractivity contribution in [1.82, 2.24) is 14.0 Å². The van der Waals surface area contributed by atoms with E-state index in [0.29, 0.717) is 0 Å². The Balaban J connectivity index is 1.47. The van der Waals surface area contributed by atoms with E-state index in [-0.39, 0.29) is 0 Å². The molecule has 186 valence electrons. The second kappa shape index (κ2) is 8.05. The van der Waals surface area contributed by atoms with Gasteiger partial charge in [-0.2, -0.15) is 0 Å². The number of benzene rings is 5. The topological polar surface area (TPSA) is 22.2 Å². The molecule has 0 saturated heterocycles. The molecule has 0 bridgehead atoms. The van der Waals surface area contributed by atoms with Crippen molar-refractivity contribution in [3.8, 4) is 16.9 Å². The Morgan fingerprint density at radius 3 is 1.90 bits per heavy atom. The highest BCUT2D eigenvalue weighted by Gasteiger charge is 2.18. The van der Waals surface area contributed by atoms with Crippen LogP contribution in [0.2, 0.25) is 0 Å². The summed E-state index contributed by atoms with van der Waals surface area (Å²) in [7, 11) is 0. The van der Waals surface area contributed by atoms with Gasteiger partial charge in [0.25, 0.3) is 0 Å². The van der Waals surface area contributed by atoms with Crippen LogP contribution in [0.1, 0.15) is 0 Å². The summed E-state index contributed by atoms with van der Waals surface area (Å²) >= 11 is 0. The van der Waals surface area contributed by atoms with E-state index in [9.17, 15) is 0 Å². The van der Waals surface area contributed by atoms with Crippen LogP contribution in [-0.4, -0.2) is 14.0 Å². The Kier molecular flexibility index (Phi) is 4.33. The molecule has 4 heterocycles. The van der Waals surface area contributed by atoms with Crippen LogP contribution < -0.4 is 0 Å². The van der Waals surface area contributed by atoms with E-state index in [4.69, 9.17) is 4.98 Å². The molecule has 0 amide bonds. The summed E-state index contributed by atoms with van der Waals surface area (Å²) < 4.78 is 4.76. The number of aromatic nitrogens is 3. The first kappa shape index (κ1) is 21.5. The molecule has 9 aromatic rings. The predicted octanol–water partition coefficient (Wildman–Crippen LogP) is 9.56. The maximum Gasteiger partial charge on any atom is 0.138 e. The van der Waals surface area contributed by atoms with Gasteiger partial charge in [-0.25, -0.2) is 4.98 Å². The van der Waals surface area contributed by atoms with E-state index in [1.165, 1.54) is 54.4 Å². The van der Waals surface area contributed by atoms with Gasteiger partial charge in [-0.1, -0.05) is 91.0 Å². The summed E-state index contributed by atoms with van der Waals surface area (Å²) in [4.78, 5) is 4.90. The zero-order chi connectivity index (χ0) is 26.2. The van der Waals surface area contributed by atoms with Gasteiger partial charge in [-0.05, 0) is 59.0 Å². The predicted molar refractivity (Wildman–Crippen MR) is 167 cm³/mol. The van der Waals surface area contributed by atoms with E-state index in [1.807, 2.05) is 6.20 Å². The Bertz CT molecular complexity index is 2430. The molecule has 9 rings (SSSR count). The fraction of sp³-hybridized carbons (Fsp3) is 0. The summed E-state index contributed by atoms with van der Waals surface area (Å²) in [5, 5.41) is 7.51. The van der Waals surface area contributed by atoms with Gasteiger partial charge in [0.05, 0.1) is 27.6 Å². The summed E-state index contributed by atoms with van der Waals surface area (Å²) in [6.07, 6.45) is 1.92. The van der Waals surface area contributed by atoms with Crippen LogP contribution in [-0.2, 0) is 0 Å². The Morgan fingerprint density at radius 1 is 0.400 bits per heavy atom. The molecule has 0 atom stereocenters. The van der Waals surface area contributed by atoms with Crippen LogP contribution in [0.15, 0.2) is 140 Å². The molecule has 5 aromatic carbocycles. The van der Waals surface area contributed by atoms with E-state index in [0.717, 1.165) is 22.4 Å². The van der Waals surface area contributed by atoms with Crippen LogP contribution in [0.3, 0.4) is 0 Å². The lowest BCUT2D eigenvalue weighted by molar-refractivity contribution is 1.08. The number of rotatable bonds is 2. The lowest BCUT2D eigenvalue weighted by Crippen LogP contribution is -1.98. The first-order valence-corrected chi connectivity index (χ1v) is 13.6. The number of hydrogen-bond acceptors (Lipinski definition) is 1. The molecule has 3 nitrogen and oxygen atoms in total. The maximum atomic E-state index is 4.90. The van der Waals surface area contributed by atoms with Crippen molar-refractivity contribution in [2.45, 2.75) is 0 Å². The largest absolute Gasteiger partial charge is 0.309 e. The van der Waals surface area contributed by atoms with Crippen molar-refractivity contribution in [3.05, 3.63) is 140 Å². The monoisotopic (exact) mass is 509 g/mol. The minimum absolute atomic E-state index is 0.918. The van der Waals surface area contributed by atoms with Gasteiger partial charge >= 0.3 is 0 Å². The molecule has 40 heavy (non-hydrogen) atoms. The minimum Gasteiger partial charge on any atom is -0.309 e. The first-order valence-electron chi connectivity index (χ1n) is 13.6. The molecule has 0 aliphatic carbocycles. The van der Waals surface area contributed by atoms with Gasteiger partial charge in [-0.3, -0.25) is 4.57 Å². The lowest BCUT2D eigenvalue weighted by Gasteiger charge is -2.12. The van der Waals surface area contributed by atoms with Gasteiger partial charge in [0.15, 0.2) is 0 Å². The third kappa shape index (κ3) is 2.92. The van der Waals surface area contributed by atoms with Gasteiger partial charge < -0.3 is 4.40 Å². The average Bonchev–Trinajstić information content (AvgIpc) is 3.57. The van der Waals surface area contributed by atoms with Crippen LogP contribution >= 0.6 is 0 Å². The zero-order valence-electron chi connectivity index (χ0n) is 21.6. The van der Waals surface area contributed by atoms with E-state index in [1.54, 1.807) is 0 Å². The smallest absolute Gasteiger partial charge is 0.138 e. The minimum atomic E-state index is 0.918. The SMILES string of the molecule is c1ccc(-c2ccnc(-n3c4ccccc4c4cc5c6ccccc6c6cc7ccccc7n6c5cc43)c2)cc1. The van der Waals surface area contributed by atoms with Crippen LogP contribution in [0.5, 0.6) is 0 Å². The zero-order valence-corrected chi connectivity index (χ0v) is 21.6. The number of hydrogen-bond donors (Lipinski definition) is 0. The van der Waals surface area contributed by atoms with Crippen LogP contribution in [0.4, 0.5) is 0 Å². The summed E-state index contributed by atoms with van der Waals surface area (Å²) in [5.41, 5.74) is 8.30. The van der Waals surface area contributed by atoms with Crippen molar-refractivity contribution >= 4 is 59.9 Å². The Morgan fingerprint density at radius 2 is 1.05 bits per heavy atom. The van der Waals surface area contributed by atoms with E-state index >= 15 is 0 Å². The molecule has 3 heteroatoms. The molecule has 0 spiro atoms. The van der Waals surface area contributed by atoms with Crippen molar-refractivity contribution < 1.29 is 0 Å². The molecule has 0 N–H and O–H groups in total. The average molecular weight is 510 g/mol. The summed E-state index contributed by atoms with van der Waals surface area (Å²) in [5.74, 6) is 0.918. The van der Waals surface area contributed by atoms with Gasteiger partial charge in [0.1, 0.15) is 5.82 Å². The molecule has 0 aliphatic rings. The van der Waals surface area contributed by atoms with Gasteiger partial charge in [0, 0.05) is 33.1 Å². The summed E-state index contributed by atoms with van der Waals surface area (Å²) in [6, 6.07) is 48.0. The maximum absolute atomic E-state index is 4.90. The standard InChI is InChI=1S/C37H23N3/c1-2-10-24(11-3-1)25-18-19-38-37(21-25)40-33-17-9-7-15-29(33)31-22-30-27-13-5-6-14-28(27)34-20-26-12-4-8-16-32(26)39(34)35(30)23-36(31)40/h1-23H. The lowest BCUT2D eigenvalue weighted by atomic mass is 10.0. The Hall–Kier alpha value is -5.41. The van der Waals surface area contributed by atoms with E-state index < -0.39 is 0 Å². The van der Waals surface area contributed by atoms with E-state index in [2.05, 4.69) is 142 Å². The second-order valence-corrected chi connectivity index (χ2v) is 10.5. The second-order valence-electron chi connectivity index (χ2n) is 10.5. The highest BCUT2D eigenvalue weighted by atomic mass is 15.1. The number of pyridine rings is 2. The highest BCUT2D eigenvalue weighted by Crippen LogP contribution is 2.39. The molecule has 0 fully saturated rings. The van der Waals surface area contributed by atoms with Crippen molar-refractivity contribution in [3.63, 3.8) is 0 Å². The third-order valence-electron chi connectivity index (χ3n) is 8.32. The van der Waals surface area contributed by atoms with Crippen molar-refractivity contribution in [2.75, 3.05) is 0 Å². The molecule has 0 unspecified atom stereocenters. The molecule has 0 radical (unpaired) electrons. The van der Waals surface area contributed by atoms with Gasteiger partial charge in [-0.15, -0.1) is 0 Å². The van der Waals surface area contributed by atoms with Crippen molar-refractivity contribution in [2.24, 2.45) is 0 Å². The fourth-order valence-electron chi connectivity index (χ4n) is 6.56. The number of fused-ring (bicyclic) bond motifs is 11. The molecular weight excluding hydrogens is 486 g/mol.